The predicted octanol–water partition coefficient (Wildman–Crippen LogP) is 4.39. The molecule has 0 saturated carbocycles. The van der Waals surface area contributed by atoms with Crippen molar-refractivity contribution in [1.29, 1.82) is 0 Å². The Kier molecular flexibility index (Phi) is 5.14. The van der Waals surface area contributed by atoms with Gasteiger partial charge in [0.1, 0.15) is 6.10 Å². The summed E-state index contributed by atoms with van der Waals surface area (Å²) in [5, 5.41) is 0. The standard InChI is InChI=1S/C20H21FO3/c1-2-23-20(22)12-8-14-7-10-19(17(21)13-14)24-18-11-9-15-5-3-4-6-16(15)18/h3-7,10,13,18H,2,8-9,11-12H2,1H3. The summed E-state index contributed by atoms with van der Waals surface area (Å²) in [5.41, 5.74) is 3.18. The summed E-state index contributed by atoms with van der Waals surface area (Å²) in [7, 11) is 0. The maximum atomic E-state index is 14.3. The lowest BCUT2D eigenvalue weighted by Crippen LogP contribution is -2.06. The summed E-state index contributed by atoms with van der Waals surface area (Å²) >= 11 is 0. The minimum Gasteiger partial charge on any atom is -0.483 e. The van der Waals surface area contributed by atoms with Crippen molar-refractivity contribution in [2.75, 3.05) is 6.61 Å². The number of aryl methyl sites for hydroxylation is 2. The lowest BCUT2D eigenvalue weighted by Gasteiger charge is -2.16. The van der Waals surface area contributed by atoms with Crippen molar-refractivity contribution in [2.24, 2.45) is 0 Å². The van der Waals surface area contributed by atoms with Crippen LogP contribution < -0.4 is 4.74 Å². The van der Waals surface area contributed by atoms with Crippen LogP contribution in [0, 0.1) is 5.82 Å². The Labute approximate surface area is 141 Å². The van der Waals surface area contributed by atoms with Crippen molar-refractivity contribution in [3.05, 3.63) is 65.0 Å². The molecule has 0 spiro atoms. The molecule has 2 aromatic carbocycles. The van der Waals surface area contributed by atoms with Crippen LogP contribution in [0.25, 0.3) is 0 Å². The fraction of sp³-hybridized carbons (Fsp3) is 0.350. The summed E-state index contributed by atoms with van der Waals surface area (Å²) in [4.78, 5) is 11.4. The van der Waals surface area contributed by atoms with E-state index in [9.17, 15) is 9.18 Å². The Morgan fingerprint density at radius 3 is 2.88 bits per heavy atom. The minimum absolute atomic E-state index is 0.0962. The highest BCUT2D eigenvalue weighted by molar-refractivity contribution is 5.69. The second-order valence-electron chi connectivity index (χ2n) is 5.91. The van der Waals surface area contributed by atoms with Crippen LogP contribution in [0.1, 0.15) is 42.6 Å². The van der Waals surface area contributed by atoms with Crippen LogP contribution in [0.4, 0.5) is 4.39 Å². The summed E-state index contributed by atoms with van der Waals surface area (Å²) in [6.45, 7) is 2.13. The van der Waals surface area contributed by atoms with Gasteiger partial charge in [-0.2, -0.15) is 0 Å². The number of esters is 1. The zero-order chi connectivity index (χ0) is 16.9. The maximum absolute atomic E-state index is 14.3. The van der Waals surface area contributed by atoms with Crippen molar-refractivity contribution in [2.45, 2.75) is 38.7 Å². The molecular weight excluding hydrogens is 307 g/mol. The molecule has 0 bridgehead atoms. The molecule has 4 heteroatoms. The Morgan fingerprint density at radius 1 is 1.25 bits per heavy atom. The predicted molar refractivity (Wildman–Crippen MR) is 89.5 cm³/mol. The van der Waals surface area contributed by atoms with Crippen molar-refractivity contribution >= 4 is 5.97 Å². The Bertz CT molecular complexity index is 727. The van der Waals surface area contributed by atoms with E-state index in [0.29, 0.717) is 13.0 Å². The molecule has 3 rings (SSSR count). The van der Waals surface area contributed by atoms with E-state index >= 15 is 0 Å². The van der Waals surface area contributed by atoms with Gasteiger partial charge in [0.25, 0.3) is 0 Å². The highest BCUT2D eigenvalue weighted by Crippen LogP contribution is 2.35. The Hall–Kier alpha value is -2.36. The summed E-state index contributed by atoms with van der Waals surface area (Å²) < 4.78 is 25.1. The van der Waals surface area contributed by atoms with Gasteiger partial charge in [-0.05, 0) is 55.0 Å². The van der Waals surface area contributed by atoms with Gasteiger partial charge in [-0.1, -0.05) is 30.3 Å². The normalized spacial score (nSPS) is 15.8. The highest BCUT2D eigenvalue weighted by atomic mass is 19.1. The molecule has 0 aliphatic heterocycles. The molecule has 24 heavy (non-hydrogen) atoms. The maximum Gasteiger partial charge on any atom is 0.306 e. The first kappa shape index (κ1) is 16.5. The summed E-state index contributed by atoms with van der Waals surface area (Å²) in [6, 6.07) is 13.0. The second-order valence-corrected chi connectivity index (χ2v) is 5.91. The third-order valence-corrected chi connectivity index (χ3v) is 4.27. The molecular formula is C20H21FO3. The van der Waals surface area contributed by atoms with Crippen molar-refractivity contribution in [1.82, 2.24) is 0 Å². The minimum atomic E-state index is -0.388. The van der Waals surface area contributed by atoms with Gasteiger partial charge in [-0.25, -0.2) is 4.39 Å². The molecule has 0 saturated heterocycles. The molecule has 3 nitrogen and oxygen atoms in total. The van der Waals surface area contributed by atoms with Gasteiger partial charge in [-0.3, -0.25) is 4.79 Å². The number of hydrogen-bond donors (Lipinski definition) is 0. The average Bonchev–Trinajstić information content (AvgIpc) is 2.99. The monoisotopic (exact) mass is 328 g/mol. The molecule has 0 N–H and O–H groups in total. The SMILES string of the molecule is CCOC(=O)CCc1ccc(OC2CCc3ccccc32)c(F)c1. The van der Waals surface area contributed by atoms with Crippen molar-refractivity contribution in [3.63, 3.8) is 0 Å². The molecule has 1 aliphatic rings. The number of ether oxygens (including phenoxy) is 2. The Morgan fingerprint density at radius 2 is 2.08 bits per heavy atom. The third-order valence-electron chi connectivity index (χ3n) is 4.27. The van der Waals surface area contributed by atoms with Crippen LogP contribution in [0.2, 0.25) is 0 Å². The summed E-state index contributed by atoms with van der Waals surface area (Å²) in [6.07, 6.45) is 2.44. The molecule has 2 aromatic rings. The average molecular weight is 328 g/mol. The topological polar surface area (TPSA) is 35.5 Å². The lowest BCUT2D eigenvalue weighted by molar-refractivity contribution is -0.143. The van der Waals surface area contributed by atoms with Crippen LogP contribution in [0.15, 0.2) is 42.5 Å². The van der Waals surface area contributed by atoms with Crippen LogP contribution in [-0.4, -0.2) is 12.6 Å². The van der Waals surface area contributed by atoms with E-state index in [1.54, 1.807) is 19.1 Å². The number of carbonyl (C=O) groups excluding carboxylic acids is 1. The number of rotatable bonds is 6. The molecule has 0 aromatic heterocycles. The number of fused-ring (bicyclic) bond motifs is 1. The van der Waals surface area contributed by atoms with Gasteiger partial charge in [0.05, 0.1) is 6.61 Å². The van der Waals surface area contributed by atoms with Crippen LogP contribution in [0.5, 0.6) is 5.75 Å². The van der Waals surface area contributed by atoms with E-state index < -0.39 is 0 Å². The molecule has 0 fully saturated rings. The Balaban J connectivity index is 1.64. The van der Waals surface area contributed by atoms with Crippen LogP contribution in [-0.2, 0) is 22.4 Å². The molecule has 0 amide bonds. The summed E-state index contributed by atoms with van der Waals surface area (Å²) in [5.74, 6) is -0.391. The van der Waals surface area contributed by atoms with Crippen molar-refractivity contribution in [3.8, 4) is 5.75 Å². The third kappa shape index (κ3) is 3.75. The second kappa shape index (κ2) is 7.47. The molecule has 126 valence electrons. The lowest BCUT2D eigenvalue weighted by atomic mass is 10.1. The van der Waals surface area contributed by atoms with Crippen molar-refractivity contribution < 1.29 is 18.7 Å². The number of hydrogen-bond acceptors (Lipinski definition) is 3. The first-order valence-electron chi connectivity index (χ1n) is 8.36. The number of benzene rings is 2. The van der Waals surface area contributed by atoms with Gasteiger partial charge < -0.3 is 9.47 Å². The van der Waals surface area contributed by atoms with Crippen LogP contribution >= 0.6 is 0 Å². The molecule has 0 radical (unpaired) electrons. The smallest absolute Gasteiger partial charge is 0.306 e. The number of carbonyl (C=O) groups is 1. The fourth-order valence-electron chi connectivity index (χ4n) is 3.07. The van der Waals surface area contributed by atoms with E-state index in [2.05, 4.69) is 6.07 Å². The first-order valence-corrected chi connectivity index (χ1v) is 8.36. The zero-order valence-corrected chi connectivity index (χ0v) is 13.8. The van der Waals surface area contributed by atoms with E-state index in [1.165, 1.54) is 11.6 Å². The van der Waals surface area contributed by atoms with E-state index in [-0.39, 0.29) is 30.1 Å². The van der Waals surface area contributed by atoms with Crippen LogP contribution in [0.3, 0.4) is 0 Å². The highest BCUT2D eigenvalue weighted by Gasteiger charge is 2.24. The molecule has 1 aliphatic carbocycles. The molecule has 0 heterocycles. The van der Waals surface area contributed by atoms with E-state index in [1.807, 2.05) is 18.2 Å². The molecule has 1 atom stereocenters. The van der Waals surface area contributed by atoms with E-state index in [4.69, 9.17) is 9.47 Å². The van der Waals surface area contributed by atoms with E-state index in [0.717, 1.165) is 24.0 Å². The van der Waals surface area contributed by atoms with Gasteiger partial charge in [0.15, 0.2) is 11.6 Å². The number of halogens is 1. The fourth-order valence-corrected chi connectivity index (χ4v) is 3.07. The van der Waals surface area contributed by atoms with Gasteiger partial charge in [-0.15, -0.1) is 0 Å². The van der Waals surface area contributed by atoms with Gasteiger partial charge >= 0.3 is 5.97 Å². The zero-order valence-electron chi connectivity index (χ0n) is 13.8. The quantitative estimate of drug-likeness (QED) is 0.738. The first-order chi connectivity index (χ1) is 11.7. The largest absolute Gasteiger partial charge is 0.483 e. The molecule has 1 unspecified atom stereocenters. The van der Waals surface area contributed by atoms with Gasteiger partial charge in [0.2, 0.25) is 0 Å². The van der Waals surface area contributed by atoms with Gasteiger partial charge in [0, 0.05) is 6.42 Å².